The molecule has 0 aliphatic carbocycles. The zero-order valence-corrected chi connectivity index (χ0v) is 13.5. The Morgan fingerprint density at radius 3 is 2.43 bits per heavy atom. The monoisotopic (exact) mass is 309 g/mol. The average molecular weight is 309 g/mol. The zero-order valence-electron chi connectivity index (χ0n) is 12.6. The molecule has 0 atom stereocenters. The minimum Gasteiger partial charge on any atom is -0.460 e. The highest BCUT2D eigenvalue weighted by molar-refractivity contribution is 7.91. The topological polar surface area (TPSA) is 64.8 Å². The Kier molecular flexibility index (Phi) is 5.13. The van der Waals surface area contributed by atoms with Gasteiger partial charge in [-0.3, -0.25) is 4.79 Å². The van der Waals surface area contributed by atoms with Gasteiger partial charge in [-0.15, -0.1) is 0 Å². The van der Waals surface area contributed by atoms with Crippen molar-refractivity contribution in [2.45, 2.75) is 44.6 Å². The Labute approximate surface area is 125 Å². The highest BCUT2D eigenvalue weighted by Gasteiger charge is 2.21. The maximum absolute atomic E-state index is 12.2. The summed E-state index contributed by atoms with van der Waals surface area (Å²) in [7, 11) is -3.56. The van der Waals surface area contributed by atoms with Crippen molar-refractivity contribution in [3.05, 3.63) is 35.2 Å². The largest absolute Gasteiger partial charge is 0.460 e. The van der Waals surface area contributed by atoms with Crippen molar-refractivity contribution in [3.8, 4) is 0 Å². The van der Waals surface area contributed by atoms with Crippen LogP contribution in [0.15, 0.2) is 23.1 Å². The van der Waals surface area contributed by atoms with Crippen molar-refractivity contribution >= 4 is 21.5 Å². The first-order valence-corrected chi connectivity index (χ1v) is 8.13. The van der Waals surface area contributed by atoms with Gasteiger partial charge in [0.25, 0.3) is 0 Å². The first-order valence-electron chi connectivity index (χ1n) is 6.48. The Bertz CT molecular complexity index is 679. The molecule has 1 aromatic carbocycles. The molecule has 0 unspecified atom stereocenters. The fraction of sp³-hybridized carbons (Fsp3) is 0.467. The number of carbonyl (C=O) groups excluding carboxylic acids is 1. The van der Waals surface area contributed by atoms with Crippen LogP contribution in [0.4, 0.5) is 5.69 Å². The lowest BCUT2D eigenvalue weighted by molar-refractivity contribution is -0.154. The number of sulfone groups is 1. The van der Waals surface area contributed by atoms with Crippen molar-refractivity contribution in [2.75, 3.05) is 5.75 Å². The van der Waals surface area contributed by atoms with Crippen molar-refractivity contribution in [2.24, 2.45) is 0 Å². The molecule has 0 aliphatic heterocycles. The van der Waals surface area contributed by atoms with E-state index < -0.39 is 21.4 Å². The van der Waals surface area contributed by atoms with Crippen LogP contribution in [0.25, 0.3) is 4.85 Å². The van der Waals surface area contributed by atoms with Crippen LogP contribution in [-0.2, 0) is 19.4 Å². The molecule has 0 spiro atoms. The summed E-state index contributed by atoms with van der Waals surface area (Å²) < 4.78 is 29.4. The molecule has 0 amide bonds. The Hall–Kier alpha value is -1.87. The quantitative estimate of drug-likeness (QED) is 0.633. The van der Waals surface area contributed by atoms with Crippen molar-refractivity contribution < 1.29 is 17.9 Å². The Morgan fingerprint density at radius 1 is 1.33 bits per heavy atom. The second kappa shape index (κ2) is 6.27. The maximum Gasteiger partial charge on any atom is 0.307 e. The van der Waals surface area contributed by atoms with E-state index >= 15 is 0 Å². The number of ether oxygens (including phenoxy) is 1. The third kappa shape index (κ3) is 5.20. The summed E-state index contributed by atoms with van der Waals surface area (Å²) in [5, 5.41) is 0. The molecule has 114 valence electrons. The molecule has 0 radical (unpaired) electrons. The van der Waals surface area contributed by atoms with Crippen LogP contribution in [0.2, 0.25) is 0 Å². The molecular weight excluding hydrogens is 290 g/mol. The van der Waals surface area contributed by atoms with E-state index in [9.17, 15) is 13.2 Å². The van der Waals surface area contributed by atoms with E-state index in [1.807, 2.05) is 0 Å². The Morgan fingerprint density at radius 2 is 1.95 bits per heavy atom. The van der Waals surface area contributed by atoms with Crippen LogP contribution in [0.5, 0.6) is 0 Å². The predicted octanol–water partition coefficient (Wildman–Crippen LogP) is 3.05. The predicted molar refractivity (Wildman–Crippen MR) is 80.0 cm³/mol. The van der Waals surface area contributed by atoms with Gasteiger partial charge in [0.2, 0.25) is 0 Å². The van der Waals surface area contributed by atoms with Gasteiger partial charge >= 0.3 is 5.97 Å². The number of rotatable bonds is 4. The molecule has 0 saturated heterocycles. The van der Waals surface area contributed by atoms with Gasteiger partial charge in [0.1, 0.15) is 5.60 Å². The van der Waals surface area contributed by atoms with Crippen LogP contribution in [0, 0.1) is 13.5 Å². The van der Waals surface area contributed by atoms with Crippen LogP contribution in [0.3, 0.4) is 0 Å². The smallest absolute Gasteiger partial charge is 0.307 e. The number of nitrogens with zero attached hydrogens (tertiary/aromatic N) is 1. The summed E-state index contributed by atoms with van der Waals surface area (Å²) in [5.74, 6) is -0.848. The molecule has 1 rings (SSSR count). The lowest BCUT2D eigenvalue weighted by Crippen LogP contribution is -2.25. The fourth-order valence-electron chi connectivity index (χ4n) is 1.67. The molecule has 21 heavy (non-hydrogen) atoms. The molecule has 0 fully saturated rings. The first kappa shape index (κ1) is 17.2. The number of esters is 1. The molecule has 0 aliphatic rings. The van der Waals surface area contributed by atoms with Crippen LogP contribution in [0.1, 0.15) is 32.8 Å². The van der Waals surface area contributed by atoms with E-state index in [0.717, 1.165) is 0 Å². The summed E-state index contributed by atoms with van der Waals surface area (Å²) >= 11 is 0. The minimum atomic E-state index is -3.56. The number of benzene rings is 1. The number of hydrogen-bond acceptors (Lipinski definition) is 4. The SMILES string of the molecule is [C-]#[N+]c1ccc(S(=O)(=O)CCC(=O)OC(C)(C)C)cc1C. The van der Waals surface area contributed by atoms with Crippen LogP contribution < -0.4 is 0 Å². The minimum absolute atomic E-state index is 0.121. The van der Waals surface area contributed by atoms with Gasteiger partial charge in [0.15, 0.2) is 15.5 Å². The summed E-state index contributed by atoms with van der Waals surface area (Å²) in [4.78, 5) is 15.0. The summed E-state index contributed by atoms with van der Waals surface area (Å²) in [5.41, 5.74) is 0.388. The maximum atomic E-state index is 12.2. The lowest BCUT2D eigenvalue weighted by Gasteiger charge is -2.19. The highest BCUT2D eigenvalue weighted by Crippen LogP contribution is 2.23. The van der Waals surface area contributed by atoms with Gasteiger partial charge in [-0.25, -0.2) is 13.3 Å². The van der Waals surface area contributed by atoms with Gasteiger partial charge in [-0.05, 0) is 33.3 Å². The van der Waals surface area contributed by atoms with Crippen LogP contribution >= 0.6 is 0 Å². The molecule has 0 heterocycles. The third-order valence-electron chi connectivity index (χ3n) is 2.64. The van der Waals surface area contributed by atoms with Crippen molar-refractivity contribution in [1.29, 1.82) is 0 Å². The molecule has 0 bridgehead atoms. The molecule has 0 aromatic heterocycles. The normalized spacial score (nSPS) is 11.8. The van der Waals surface area contributed by atoms with Gasteiger partial charge in [0, 0.05) is 0 Å². The zero-order chi connectivity index (χ0) is 16.3. The van der Waals surface area contributed by atoms with E-state index in [1.165, 1.54) is 18.2 Å². The standard InChI is InChI=1S/C15H19NO4S/c1-11-10-12(6-7-13(11)16-5)21(18,19)9-8-14(17)20-15(2,3)4/h6-7,10H,8-9H2,1-4H3. The fourth-order valence-corrected chi connectivity index (χ4v) is 2.98. The number of aryl methyl sites for hydroxylation is 1. The first-order chi connectivity index (χ1) is 9.55. The van der Waals surface area contributed by atoms with Gasteiger partial charge < -0.3 is 4.74 Å². The average Bonchev–Trinajstić information content (AvgIpc) is 2.34. The van der Waals surface area contributed by atoms with E-state index in [2.05, 4.69) is 4.85 Å². The number of hydrogen-bond donors (Lipinski definition) is 0. The van der Waals surface area contributed by atoms with Crippen LogP contribution in [-0.4, -0.2) is 25.7 Å². The molecule has 6 heteroatoms. The molecule has 0 saturated carbocycles. The molecule has 0 N–H and O–H groups in total. The van der Waals surface area contributed by atoms with Gasteiger partial charge in [0.05, 0.1) is 23.6 Å². The van der Waals surface area contributed by atoms with E-state index in [-0.39, 0.29) is 17.1 Å². The second-order valence-electron chi connectivity index (χ2n) is 5.72. The molecule has 5 nitrogen and oxygen atoms in total. The summed E-state index contributed by atoms with van der Waals surface area (Å²) in [6, 6.07) is 4.32. The molecular formula is C15H19NO4S. The van der Waals surface area contributed by atoms with E-state index in [4.69, 9.17) is 11.3 Å². The third-order valence-corrected chi connectivity index (χ3v) is 4.36. The molecule has 1 aromatic rings. The van der Waals surface area contributed by atoms with Gasteiger partial charge in [-0.1, -0.05) is 18.2 Å². The summed E-state index contributed by atoms with van der Waals surface area (Å²) in [6.07, 6.45) is -0.191. The van der Waals surface area contributed by atoms with E-state index in [0.29, 0.717) is 11.3 Å². The highest BCUT2D eigenvalue weighted by atomic mass is 32.2. The van der Waals surface area contributed by atoms with E-state index in [1.54, 1.807) is 27.7 Å². The Balaban J connectivity index is 2.81. The number of carbonyl (C=O) groups is 1. The lowest BCUT2D eigenvalue weighted by atomic mass is 10.2. The van der Waals surface area contributed by atoms with Gasteiger partial charge in [-0.2, -0.15) is 0 Å². The second-order valence-corrected chi connectivity index (χ2v) is 7.82. The van der Waals surface area contributed by atoms with Crippen molar-refractivity contribution in [1.82, 2.24) is 0 Å². The summed E-state index contributed by atoms with van der Waals surface area (Å²) in [6.45, 7) is 13.8. The van der Waals surface area contributed by atoms with Crippen molar-refractivity contribution in [3.63, 3.8) is 0 Å².